The highest BCUT2D eigenvalue weighted by Crippen LogP contribution is 2.44. The molecule has 22 heavy (non-hydrogen) atoms. The Balaban J connectivity index is 2.45. The van der Waals surface area contributed by atoms with Gasteiger partial charge in [-0.15, -0.1) is 0 Å². The summed E-state index contributed by atoms with van der Waals surface area (Å²) in [5, 5.41) is 29.3. The molecule has 0 aromatic rings. The second-order valence-electron chi connectivity index (χ2n) is 6.95. The van der Waals surface area contributed by atoms with E-state index in [4.69, 9.17) is 5.11 Å². The van der Waals surface area contributed by atoms with Crippen LogP contribution in [-0.2, 0) is 0 Å². The van der Waals surface area contributed by atoms with Gasteiger partial charge in [0, 0.05) is 12.0 Å². The van der Waals surface area contributed by atoms with E-state index in [1.165, 1.54) is 12.8 Å². The Morgan fingerprint density at radius 1 is 1.14 bits per heavy atom. The molecule has 3 heteroatoms. The van der Waals surface area contributed by atoms with E-state index in [0.717, 1.165) is 64.2 Å². The van der Waals surface area contributed by atoms with E-state index in [9.17, 15) is 10.2 Å². The summed E-state index contributed by atoms with van der Waals surface area (Å²) < 4.78 is 0. The maximum Gasteiger partial charge on any atom is 0.0721 e. The number of hydrogen-bond acceptors (Lipinski definition) is 3. The maximum absolute atomic E-state index is 10.4. The summed E-state index contributed by atoms with van der Waals surface area (Å²) in [6, 6.07) is 0. The molecular formula is C19H36O3. The van der Waals surface area contributed by atoms with Gasteiger partial charge in [-0.25, -0.2) is 0 Å². The van der Waals surface area contributed by atoms with Gasteiger partial charge in [-0.2, -0.15) is 0 Å². The number of aliphatic hydroxyl groups excluding tert-OH is 3. The van der Waals surface area contributed by atoms with Gasteiger partial charge in [0.25, 0.3) is 0 Å². The molecule has 130 valence electrons. The van der Waals surface area contributed by atoms with E-state index in [-0.39, 0.29) is 24.2 Å². The zero-order valence-electron chi connectivity index (χ0n) is 14.3. The summed E-state index contributed by atoms with van der Waals surface area (Å²) >= 11 is 0. The van der Waals surface area contributed by atoms with Crippen LogP contribution in [0.5, 0.6) is 0 Å². The largest absolute Gasteiger partial charge is 0.396 e. The van der Waals surface area contributed by atoms with Crippen LogP contribution in [0.2, 0.25) is 0 Å². The van der Waals surface area contributed by atoms with Crippen molar-refractivity contribution in [2.75, 3.05) is 6.61 Å². The summed E-state index contributed by atoms with van der Waals surface area (Å²) in [7, 11) is 0. The van der Waals surface area contributed by atoms with Crippen molar-refractivity contribution in [3.8, 4) is 0 Å². The minimum atomic E-state index is -0.370. The minimum absolute atomic E-state index is 0.120. The standard InChI is InChI=1S/C19H36O3/c1-2-3-6-10-17(21)12-15-19(14-9-11-18(19)22)13-7-4-5-8-16-20/h12,15,17-18,20-22H,2-11,13-14,16H2,1H3. The summed E-state index contributed by atoms with van der Waals surface area (Å²) in [6.07, 6.45) is 15.8. The predicted octanol–water partition coefficient (Wildman–Crippen LogP) is 3.96. The number of rotatable bonds is 12. The molecule has 0 aliphatic heterocycles. The van der Waals surface area contributed by atoms with Gasteiger partial charge in [-0.1, -0.05) is 57.6 Å². The summed E-state index contributed by atoms with van der Waals surface area (Å²) in [4.78, 5) is 0. The molecule has 3 unspecified atom stereocenters. The quantitative estimate of drug-likeness (QED) is 0.377. The van der Waals surface area contributed by atoms with Crippen molar-refractivity contribution in [3.63, 3.8) is 0 Å². The molecule has 1 fully saturated rings. The number of unbranched alkanes of at least 4 members (excludes halogenated alkanes) is 5. The molecule has 0 bridgehead atoms. The lowest BCUT2D eigenvalue weighted by Gasteiger charge is -2.30. The van der Waals surface area contributed by atoms with Crippen LogP contribution in [0.15, 0.2) is 12.2 Å². The van der Waals surface area contributed by atoms with E-state index in [2.05, 4.69) is 13.0 Å². The third-order valence-electron chi connectivity index (χ3n) is 5.09. The second-order valence-corrected chi connectivity index (χ2v) is 6.95. The monoisotopic (exact) mass is 312 g/mol. The van der Waals surface area contributed by atoms with E-state index < -0.39 is 0 Å². The molecule has 3 atom stereocenters. The van der Waals surface area contributed by atoms with Gasteiger partial charge in [0.2, 0.25) is 0 Å². The van der Waals surface area contributed by atoms with E-state index in [1.807, 2.05) is 6.08 Å². The van der Waals surface area contributed by atoms with Gasteiger partial charge in [-0.05, 0) is 38.5 Å². The fourth-order valence-corrected chi connectivity index (χ4v) is 3.57. The Morgan fingerprint density at radius 2 is 1.91 bits per heavy atom. The highest BCUT2D eigenvalue weighted by Gasteiger charge is 2.39. The number of hydrogen-bond donors (Lipinski definition) is 3. The zero-order valence-corrected chi connectivity index (χ0v) is 14.3. The third kappa shape index (κ3) is 6.80. The van der Waals surface area contributed by atoms with Crippen LogP contribution in [0.25, 0.3) is 0 Å². The second kappa shape index (κ2) is 11.2. The average Bonchev–Trinajstić information content (AvgIpc) is 2.87. The molecule has 3 N–H and O–H groups in total. The molecule has 1 rings (SSSR count). The van der Waals surface area contributed by atoms with Crippen molar-refractivity contribution in [1.29, 1.82) is 0 Å². The van der Waals surface area contributed by atoms with Crippen molar-refractivity contribution < 1.29 is 15.3 Å². The highest BCUT2D eigenvalue weighted by atomic mass is 16.3. The summed E-state index contributed by atoms with van der Waals surface area (Å²) in [6.45, 7) is 2.44. The topological polar surface area (TPSA) is 60.7 Å². The summed E-state index contributed by atoms with van der Waals surface area (Å²) in [5.74, 6) is 0. The molecule has 0 spiro atoms. The van der Waals surface area contributed by atoms with Crippen molar-refractivity contribution in [3.05, 3.63) is 12.2 Å². The van der Waals surface area contributed by atoms with Crippen LogP contribution in [0.3, 0.4) is 0 Å². The molecule has 3 nitrogen and oxygen atoms in total. The van der Waals surface area contributed by atoms with Crippen molar-refractivity contribution in [2.45, 2.75) is 96.2 Å². The average molecular weight is 312 g/mol. The molecule has 0 heterocycles. The normalized spacial score (nSPS) is 26.8. The Labute approximate surface area is 136 Å². The first-order valence-corrected chi connectivity index (χ1v) is 9.31. The fraction of sp³-hybridized carbons (Fsp3) is 0.895. The lowest BCUT2D eigenvalue weighted by molar-refractivity contribution is 0.0772. The van der Waals surface area contributed by atoms with Gasteiger partial charge in [0.1, 0.15) is 0 Å². The zero-order chi connectivity index (χ0) is 16.3. The minimum Gasteiger partial charge on any atom is -0.396 e. The molecular weight excluding hydrogens is 276 g/mol. The maximum atomic E-state index is 10.4. The van der Waals surface area contributed by atoms with Crippen LogP contribution >= 0.6 is 0 Å². The molecule has 0 aromatic carbocycles. The van der Waals surface area contributed by atoms with Crippen molar-refractivity contribution in [2.24, 2.45) is 5.41 Å². The Morgan fingerprint density at radius 3 is 2.55 bits per heavy atom. The molecule has 1 aliphatic rings. The smallest absolute Gasteiger partial charge is 0.0721 e. The lowest BCUT2D eigenvalue weighted by Crippen LogP contribution is -2.28. The SMILES string of the molecule is CCCCCC(O)C=CC1(CCCCCCO)CCCC1O. The molecule has 1 saturated carbocycles. The van der Waals surface area contributed by atoms with E-state index in [1.54, 1.807) is 0 Å². The van der Waals surface area contributed by atoms with Gasteiger partial charge in [-0.3, -0.25) is 0 Å². The van der Waals surface area contributed by atoms with Crippen molar-refractivity contribution in [1.82, 2.24) is 0 Å². The van der Waals surface area contributed by atoms with Crippen LogP contribution in [0, 0.1) is 5.41 Å². The van der Waals surface area contributed by atoms with Crippen molar-refractivity contribution >= 4 is 0 Å². The van der Waals surface area contributed by atoms with Gasteiger partial charge in [0.15, 0.2) is 0 Å². The number of aliphatic hydroxyl groups is 3. The third-order valence-corrected chi connectivity index (χ3v) is 5.09. The molecule has 0 amide bonds. The van der Waals surface area contributed by atoms with E-state index >= 15 is 0 Å². The first-order valence-electron chi connectivity index (χ1n) is 9.31. The fourth-order valence-electron chi connectivity index (χ4n) is 3.57. The summed E-state index contributed by atoms with van der Waals surface area (Å²) in [5.41, 5.74) is -0.120. The Bertz CT molecular complexity index is 303. The van der Waals surface area contributed by atoms with Gasteiger partial charge < -0.3 is 15.3 Å². The molecule has 0 aromatic heterocycles. The molecule has 1 aliphatic carbocycles. The molecule has 0 saturated heterocycles. The predicted molar refractivity (Wildman–Crippen MR) is 91.8 cm³/mol. The van der Waals surface area contributed by atoms with Crippen LogP contribution < -0.4 is 0 Å². The van der Waals surface area contributed by atoms with Gasteiger partial charge >= 0.3 is 0 Å². The van der Waals surface area contributed by atoms with Gasteiger partial charge in [0.05, 0.1) is 12.2 Å². The van der Waals surface area contributed by atoms with Crippen LogP contribution in [-0.4, -0.2) is 34.1 Å². The molecule has 0 radical (unpaired) electrons. The Hall–Kier alpha value is -0.380. The Kier molecular flexibility index (Phi) is 10.0. The lowest BCUT2D eigenvalue weighted by atomic mass is 9.78. The van der Waals surface area contributed by atoms with Crippen LogP contribution in [0.4, 0.5) is 0 Å². The van der Waals surface area contributed by atoms with Crippen LogP contribution in [0.1, 0.15) is 84.0 Å². The first kappa shape index (κ1) is 19.7. The highest BCUT2D eigenvalue weighted by molar-refractivity contribution is 5.08. The van der Waals surface area contributed by atoms with E-state index in [0.29, 0.717) is 0 Å². The first-order chi connectivity index (χ1) is 10.6.